The topological polar surface area (TPSA) is 78.5 Å². The van der Waals surface area contributed by atoms with Gasteiger partial charge >= 0.3 is 0 Å². The number of rotatable bonds is 8. The lowest BCUT2D eigenvalue weighted by Gasteiger charge is -2.32. The molecule has 1 aliphatic rings. The van der Waals surface area contributed by atoms with Crippen molar-refractivity contribution in [1.82, 2.24) is 10.2 Å². The summed E-state index contributed by atoms with van der Waals surface area (Å²) < 4.78 is 0. The Balaban J connectivity index is 1.24. The number of para-hydroxylation sites is 1. The molecule has 2 N–H and O–H groups in total. The Morgan fingerprint density at radius 2 is 1.35 bits per heavy atom. The number of anilines is 1. The minimum atomic E-state index is -0.118. The second-order valence-corrected chi connectivity index (χ2v) is 8.49. The van der Waals surface area contributed by atoms with Crippen LogP contribution < -0.4 is 10.6 Å². The van der Waals surface area contributed by atoms with Gasteiger partial charge in [0.1, 0.15) is 0 Å². The molecule has 1 heterocycles. The van der Waals surface area contributed by atoms with Crippen LogP contribution in [0.5, 0.6) is 0 Å². The van der Waals surface area contributed by atoms with E-state index < -0.39 is 0 Å². The number of hydrogen-bond acceptors (Lipinski definition) is 4. The van der Waals surface area contributed by atoms with Crippen molar-refractivity contribution >= 4 is 23.3 Å². The Morgan fingerprint density at radius 3 is 2.03 bits per heavy atom. The predicted octanol–water partition coefficient (Wildman–Crippen LogP) is 4.14. The fourth-order valence-electron chi connectivity index (χ4n) is 4.17. The van der Waals surface area contributed by atoms with Crippen LogP contribution in [-0.2, 0) is 4.79 Å². The maximum atomic E-state index is 12.9. The molecule has 1 aliphatic heterocycles. The smallest absolute Gasteiger partial charge is 0.251 e. The number of hydrogen-bond donors (Lipinski definition) is 2. The SMILES string of the molecule is O=C(CCN1CCC(NC(=O)c2ccccc2)CC1)Nc1ccccc1C(=O)c1ccccc1. The van der Waals surface area contributed by atoms with Crippen molar-refractivity contribution in [2.45, 2.75) is 25.3 Å². The number of piperidine rings is 1. The zero-order valence-electron chi connectivity index (χ0n) is 19.1. The third kappa shape index (κ3) is 6.17. The van der Waals surface area contributed by atoms with Gasteiger partial charge in [-0.05, 0) is 37.1 Å². The van der Waals surface area contributed by atoms with Crippen LogP contribution in [0.2, 0.25) is 0 Å². The molecule has 3 aromatic rings. The van der Waals surface area contributed by atoms with Crippen molar-refractivity contribution in [3.8, 4) is 0 Å². The number of carbonyl (C=O) groups is 3. The Bertz CT molecular complexity index is 1120. The van der Waals surface area contributed by atoms with E-state index in [2.05, 4.69) is 15.5 Å². The van der Waals surface area contributed by atoms with Crippen LogP contribution in [-0.4, -0.2) is 48.2 Å². The maximum absolute atomic E-state index is 12.9. The molecule has 0 saturated carbocycles. The number of amides is 2. The number of ketones is 1. The summed E-state index contributed by atoms with van der Waals surface area (Å²) >= 11 is 0. The molecule has 3 aromatic carbocycles. The maximum Gasteiger partial charge on any atom is 0.251 e. The fraction of sp³-hybridized carbons (Fsp3) is 0.250. The Hall–Kier alpha value is -3.77. The molecule has 174 valence electrons. The Morgan fingerprint density at radius 1 is 0.765 bits per heavy atom. The van der Waals surface area contributed by atoms with Crippen LogP contribution in [0, 0.1) is 0 Å². The van der Waals surface area contributed by atoms with Gasteiger partial charge in [0.15, 0.2) is 5.78 Å². The van der Waals surface area contributed by atoms with Crippen LogP contribution in [0.3, 0.4) is 0 Å². The van der Waals surface area contributed by atoms with Gasteiger partial charge in [-0.1, -0.05) is 60.7 Å². The van der Waals surface area contributed by atoms with E-state index in [0.717, 1.165) is 25.9 Å². The Kier molecular flexibility index (Phi) is 7.83. The number of likely N-dealkylation sites (tertiary alicyclic amines) is 1. The highest BCUT2D eigenvalue weighted by Gasteiger charge is 2.22. The largest absolute Gasteiger partial charge is 0.349 e. The van der Waals surface area contributed by atoms with E-state index in [1.807, 2.05) is 54.6 Å². The molecule has 6 heteroatoms. The van der Waals surface area contributed by atoms with Gasteiger partial charge in [-0.25, -0.2) is 0 Å². The highest BCUT2D eigenvalue weighted by Crippen LogP contribution is 2.20. The number of nitrogens with zero attached hydrogens (tertiary/aromatic N) is 1. The van der Waals surface area contributed by atoms with Crippen molar-refractivity contribution < 1.29 is 14.4 Å². The average Bonchev–Trinajstić information content (AvgIpc) is 2.89. The predicted molar refractivity (Wildman–Crippen MR) is 133 cm³/mol. The third-order valence-electron chi connectivity index (χ3n) is 6.10. The summed E-state index contributed by atoms with van der Waals surface area (Å²) in [5, 5.41) is 6.02. The van der Waals surface area contributed by atoms with Crippen LogP contribution in [0.25, 0.3) is 0 Å². The van der Waals surface area contributed by atoms with Crippen LogP contribution in [0.4, 0.5) is 5.69 Å². The molecule has 0 radical (unpaired) electrons. The van der Waals surface area contributed by atoms with E-state index in [1.54, 1.807) is 30.3 Å². The summed E-state index contributed by atoms with van der Waals surface area (Å²) in [4.78, 5) is 40.1. The molecule has 0 atom stereocenters. The summed E-state index contributed by atoms with van der Waals surface area (Å²) in [5.41, 5.74) is 2.28. The standard InChI is InChI=1S/C28H29N3O3/c32-26(30-25-14-8-7-13-24(25)27(33)21-9-3-1-4-10-21)17-20-31-18-15-23(16-19-31)29-28(34)22-11-5-2-6-12-22/h1-14,23H,15-20H2,(H,29,34)(H,30,32). The van der Waals surface area contributed by atoms with Crippen molar-refractivity contribution in [3.05, 3.63) is 102 Å². The van der Waals surface area contributed by atoms with Gasteiger partial charge in [-0.15, -0.1) is 0 Å². The normalized spacial score (nSPS) is 14.4. The minimum Gasteiger partial charge on any atom is -0.349 e. The minimum absolute atomic E-state index is 0.0397. The van der Waals surface area contributed by atoms with Gasteiger partial charge < -0.3 is 15.5 Å². The van der Waals surface area contributed by atoms with Gasteiger partial charge in [0.25, 0.3) is 5.91 Å². The van der Waals surface area contributed by atoms with Gasteiger partial charge in [-0.2, -0.15) is 0 Å². The van der Waals surface area contributed by atoms with Crippen LogP contribution in [0.1, 0.15) is 45.5 Å². The zero-order chi connectivity index (χ0) is 23.8. The lowest BCUT2D eigenvalue weighted by atomic mass is 10.0. The molecule has 1 saturated heterocycles. The van der Waals surface area contributed by atoms with Gasteiger partial charge in [-0.3, -0.25) is 14.4 Å². The van der Waals surface area contributed by atoms with Gasteiger partial charge in [0.2, 0.25) is 5.91 Å². The second-order valence-electron chi connectivity index (χ2n) is 8.49. The summed E-state index contributed by atoms with van der Waals surface area (Å²) in [6, 6.07) is 25.5. The average molecular weight is 456 g/mol. The molecule has 2 amide bonds. The van der Waals surface area contributed by atoms with Crippen molar-refractivity contribution in [1.29, 1.82) is 0 Å². The first-order chi connectivity index (χ1) is 16.6. The molecule has 1 fully saturated rings. The molecule has 0 spiro atoms. The second kappa shape index (κ2) is 11.4. The fourth-order valence-corrected chi connectivity index (χ4v) is 4.17. The molecular weight excluding hydrogens is 426 g/mol. The third-order valence-corrected chi connectivity index (χ3v) is 6.10. The van der Waals surface area contributed by atoms with Crippen molar-refractivity contribution in [2.24, 2.45) is 0 Å². The van der Waals surface area contributed by atoms with Crippen LogP contribution in [0.15, 0.2) is 84.9 Å². The summed E-state index contributed by atoms with van der Waals surface area (Å²) in [5.74, 6) is -0.272. The van der Waals surface area contributed by atoms with Crippen molar-refractivity contribution in [3.63, 3.8) is 0 Å². The lowest BCUT2D eigenvalue weighted by Crippen LogP contribution is -2.45. The quantitative estimate of drug-likeness (QED) is 0.501. The molecule has 34 heavy (non-hydrogen) atoms. The lowest BCUT2D eigenvalue weighted by molar-refractivity contribution is -0.116. The van der Waals surface area contributed by atoms with E-state index in [0.29, 0.717) is 35.3 Å². The molecular formula is C28H29N3O3. The molecule has 0 unspecified atom stereocenters. The van der Waals surface area contributed by atoms with E-state index in [9.17, 15) is 14.4 Å². The molecule has 0 aromatic heterocycles. The first-order valence-electron chi connectivity index (χ1n) is 11.7. The van der Waals surface area contributed by atoms with E-state index in [1.165, 1.54) is 0 Å². The number of carbonyl (C=O) groups excluding carboxylic acids is 3. The van der Waals surface area contributed by atoms with Crippen molar-refractivity contribution in [2.75, 3.05) is 25.0 Å². The highest BCUT2D eigenvalue weighted by atomic mass is 16.2. The summed E-state index contributed by atoms with van der Waals surface area (Å²) in [7, 11) is 0. The summed E-state index contributed by atoms with van der Waals surface area (Å²) in [6.07, 6.45) is 2.05. The molecule has 4 rings (SSSR count). The van der Waals surface area contributed by atoms with Crippen LogP contribution >= 0.6 is 0 Å². The van der Waals surface area contributed by atoms with Gasteiger partial charge in [0, 0.05) is 48.8 Å². The molecule has 6 nitrogen and oxygen atoms in total. The monoisotopic (exact) mass is 455 g/mol. The van der Waals surface area contributed by atoms with E-state index >= 15 is 0 Å². The number of nitrogens with one attached hydrogen (secondary N) is 2. The first-order valence-corrected chi connectivity index (χ1v) is 11.7. The number of benzene rings is 3. The summed E-state index contributed by atoms with van der Waals surface area (Å²) in [6.45, 7) is 2.30. The highest BCUT2D eigenvalue weighted by molar-refractivity contribution is 6.13. The molecule has 0 aliphatic carbocycles. The molecule has 0 bridgehead atoms. The first kappa shape index (κ1) is 23.4. The Labute approximate surface area is 200 Å². The van der Waals surface area contributed by atoms with E-state index in [4.69, 9.17) is 0 Å². The van der Waals surface area contributed by atoms with Gasteiger partial charge in [0.05, 0.1) is 5.69 Å². The zero-order valence-corrected chi connectivity index (χ0v) is 19.1. The van der Waals surface area contributed by atoms with E-state index in [-0.39, 0.29) is 23.6 Å².